The number of halogens is 4. The van der Waals surface area contributed by atoms with Gasteiger partial charge in [0.05, 0.1) is 4.90 Å². The molecule has 1 aliphatic rings. The van der Waals surface area contributed by atoms with Gasteiger partial charge in [0, 0.05) is 42.5 Å². The molecule has 2 aromatic rings. The number of aromatic nitrogens is 1. The molecule has 3 rings (SSSR count). The zero-order valence-electron chi connectivity index (χ0n) is 13.4. The second kappa shape index (κ2) is 7.07. The minimum absolute atomic E-state index is 0.656. The Hall–Kier alpha value is -1.81. The van der Waals surface area contributed by atoms with Crippen LogP contribution in [-0.2, 0) is 9.84 Å². The second-order valence-corrected chi connectivity index (χ2v) is 8.61. The number of pyridine rings is 1. The summed E-state index contributed by atoms with van der Waals surface area (Å²) in [7, 11) is -5.31. The topological polar surface area (TPSA) is 53.5 Å². The number of piperazine rings is 1. The van der Waals surface area contributed by atoms with Gasteiger partial charge in [0.15, 0.2) is 0 Å². The van der Waals surface area contributed by atoms with Crippen LogP contribution in [0.15, 0.2) is 52.0 Å². The molecule has 0 bridgehead atoms. The highest BCUT2D eigenvalue weighted by molar-refractivity contribution is 9.10. The zero-order valence-corrected chi connectivity index (χ0v) is 15.9. The van der Waals surface area contributed by atoms with Gasteiger partial charge in [-0.2, -0.15) is 13.2 Å². The van der Waals surface area contributed by atoms with E-state index >= 15 is 0 Å². The van der Waals surface area contributed by atoms with Gasteiger partial charge in [-0.3, -0.25) is 0 Å². The van der Waals surface area contributed by atoms with Crippen molar-refractivity contribution in [2.24, 2.45) is 0 Å². The van der Waals surface area contributed by atoms with E-state index in [9.17, 15) is 21.6 Å². The summed E-state index contributed by atoms with van der Waals surface area (Å²) >= 11 is 3.34. The SMILES string of the molecule is O=S(=O)(c1ccc(N2CCN(c3ccc(Br)cn3)CC2)cc1)C(F)(F)F. The Morgan fingerprint density at radius 2 is 1.50 bits per heavy atom. The standard InChI is InChI=1S/C16H15BrF3N3O2S/c17-12-1-6-15(21-11-12)23-9-7-22(8-10-23)13-2-4-14(5-3-13)26(24,25)16(18,19)20/h1-6,11H,7-10H2. The van der Waals surface area contributed by atoms with Crippen LogP contribution < -0.4 is 9.80 Å². The monoisotopic (exact) mass is 449 g/mol. The van der Waals surface area contributed by atoms with Crippen LogP contribution in [0, 0.1) is 0 Å². The van der Waals surface area contributed by atoms with Crippen molar-refractivity contribution in [3.05, 3.63) is 47.1 Å². The van der Waals surface area contributed by atoms with E-state index in [4.69, 9.17) is 0 Å². The smallest absolute Gasteiger partial charge is 0.368 e. The molecule has 0 unspecified atom stereocenters. The first-order valence-corrected chi connectivity index (χ1v) is 9.99. The molecule has 0 amide bonds. The van der Waals surface area contributed by atoms with Gasteiger partial charge < -0.3 is 9.80 Å². The maximum absolute atomic E-state index is 12.6. The van der Waals surface area contributed by atoms with Crippen LogP contribution >= 0.6 is 15.9 Å². The molecule has 1 aliphatic heterocycles. The van der Waals surface area contributed by atoms with Crippen molar-refractivity contribution in [1.82, 2.24) is 4.98 Å². The number of rotatable bonds is 3. The third-order valence-corrected chi connectivity index (χ3v) is 6.10. The Morgan fingerprint density at radius 3 is 2.00 bits per heavy atom. The summed E-state index contributed by atoms with van der Waals surface area (Å²) in [5.41, 5.74) is -4.60. The number of sulfone groups is 1. The maximum atomic E-state index is 12.6. The molecule has 0 N–H and O–H groups in total. The summed E-state index contributed by atoms with van der Waals surface area (Å²) in [5.74, 6) is 0.861. The summed E-state index contributed by atoms with van der Waals surface area (Å²) < 4.78 is 61.5. The fourth-order valence-corrected chi connectivity index (χ4v) is 3.71. The Balaban J connectivity index is 1.67. The first kappa shape index (κ1) is 19.0. The molecule has 1 aromatic carbocycles. The fourth-order valence-electron chi connectivity index (χ4n) is 2.72. The quantitative estimate of drug-likeness (QED) is 0.717. The molecule has 1 aromatic heterocycles. The largest absolute Gasteiger partial charge is 0.501 e. The van der Waals surface area contributed by atoms with E-state index in [0.29, 0.717) is 31.9 Å². The van der Waals surface area contributed by atoms with Crippen molar-refractivity contribution in [1.29, 1.82) is 0 Å². The first-order valence-electron chi connectivity index (χ1n) is 7.71. The summed E-state index contributed by atoms with van der Waals surface area (Å²) in [4.78, 5) is 7.72. The number of benzene rings is 1. The van der Waals surface area contributed by atoms with Crippen molar-refractivity contribution >= 4 is 37.3 Å². The molecule has 140 valence electrons. The van der Waals surface area contributed by atoms with E-state index < -0.39 is 20.2 Å². The number of hydrogen-bond acceptors (Lipinski definition) is 5. The summed E-state index contributed by atoms with van der Waals surface area (Å²) in [6.45, 7) is 2.72. The average molecular weight is 450 g/mol. The molecule has 0 saturated carbocycles. The molecule has 0 radical (unpaired) electrons. The van der Waals surface area contributed by atoms with Gasteiger partial charge in [-0.25, -0.2) is 13.4 Å². The van der Waals surface area contributed by atoms with Crippen molar-refractivity contribution in [2.75, 3.05) is 36.0 Å². The van der Waals surface area contributed by atoms with Crippen molar-refractivity contribution in [3.63, 3.8) is 0 Å². The Morgan fingerprint density at radius 1 is 0.923 bits per heavy atom. The molecule has 1 saturated heterocycles. The highest BCUT2D eigenvalue weighted by Gasteiger charge is 2.46. The number of alkyl halides is 3. The van der Waals surface area contributed by atoms with E-state index in [1.165, 1.54) is 12.1 Å². The van der Waals surface area contributed by atoms with Gasteiger partial charge in [-0.1, -0.05) is 0 Å². The van der Waals surface area contributed by atoms with E-state index in [2.05, 4.69) is 25.8 Å². The number of nitrogens with zero attached hydrogens (tertiary/aromatic N) is 3. The van der Waals surface area contributed by atoms with Crippen molar-refractivity contribution < 1.29 is 21.6 Å². The Kier molecular flexibility index (Phi) is 5.16. The second-order valence-electron chi connectivity index (χ2n) is 5.75. The normalized spacial score (nSPS) is 16.0. The van der Waals surface area contributed by atoms with E-state index in [-0.39, 0.29) is 0 Å². The fraction of sp³-hybridized carbons (Fsp3) is 0.312. The van der Waals surface area contributed by atoms with Crippen LogP contribution in [0.4, 0.5) is 24.7 Å². The molecular weight excluding hydrogens is 435 g/mol. The summed E-state index contributed by atoms with van der Waals surface area (Å²) in [5, 5.41) is 0. The molecule has 2 heterocycles. The predicted molar refractivity (Wildman–Crippen MR) is 96.0 cm³/mol. The molecule has 1 fully saturated rings. The van der Waals surface area contributed by atoms with Gasteiger partial charge in [0.1, 0.15) is 5.82 Å². The highest BCUT2D eigenvalue weighted by Crippen LogP contribution is 2.31. The summed E-state index contributed by atoms with van der Waals surface area (Å²) in [6.07, 6.45) is 1.72. The molecule has 10 heteroatoms. The minimum atomic E-state index is -5.31. The minimum Gasteiger partial charge on any atom is -0.368 e. The van der Waals surface area contributed by atoms with Crippen LogP contribution in [0.5, 0.6) is 0 Å². The third-order valence-electron chi connectivity index (χ3n) is 4.13. The average Bonchev–Trinajstić information content (AvgIpc) is 2.62. The molecule has 0 aliphatic carbocycles. The van der Waals surface area contributed by atoms with Crippen molar-refractivity contribution in [2.45, 2.75) is 10.4 Å². The third kappa shape index (κ3) is 3.80. The van der Waals surface area contributed by atoms with Gasteiger partial charge in [0.25, 0.3) is 9.84 Å². The van der Waals surface area contributed by atoms with E-state index in [1.807, 2.05) is 17.0 Å². The molecule has 26 heavy (non-hydrogen) atoms. The lowest BCUT2D eigenvalue weighted by Crippen LogP contribution is -2.46. The Labute approximate surface area is 157 Å². The summed E-state index contributed by atoms with van der Waals surface area (Å²) in [6, 6.07) is 8.64. The Bertz CT molecular complexity index is 863. The maximum Gasteiger partial charge on any atom is 0.501 e. The van der Waals surface area contributed by atoms with Crippen LogP contribution in [0.25, 0.3) is 0 Å². The highest BCUT2D eigenvalue weighted by atomic mass is 79.9. The van der Waals surface area contributed by atoms with Gasteiger partial charge >= 0.3 is 5.51 Å². The van der Waals surface area contributed by atoms with Gasteiger partial charge in [-0.15, -0.1) is 0 Å². The van der Waals surface area contributed by atoms with Gasteiger partial charge in [0.2, 0.25) is 0 Å². The molecule has 5 nitrogen and oxygen atoms in total. The first-order chi connectivity index (χ1) is 12.2. The van der Waals surface area contributed by atoms with Gasteiger partial charge in [-0.05, 0) is 52.3 Å². The lowest BCUT2D eigenvalue weighted by atomic mass is 10.2. The van der Waals surface area contributed by atoms with Crippen LogP contribution in [0.3, 0.4) is 0 Å². The van der Waals surface area contributed by atoms with Crippen LogP contribution in [-0.4, -0.2) is 45.1 Å². The number of hydrogen-bond donors (Lipinski definition) is 0. The lowest BCUT2D eigenvalue weighted by Gasteiger charge is -2.36. The van der Waals surface area contributed by atoms with Crippen LogP contribution in [0.1, 0.15) is 0 Å². The molecular formula is C16H15BrF3N3O2S. The number of anilines is 2. The lowest BCUT2D eigenvalue weighted by molar-refractivity contribution is -0.0436. The van der Waals surface area contributed by atoms with E-state index in [1.54, 1.807) is 6.20 Å². The zero-order chi connectivity index (χ0) is 18.9. The molecule has 0 spiro atoms. The van der Waals surface area contributed by atoms with E-state index in [0.717, 1.165) is 22.4 Å². The van der Waals surface area contributed by atoms with Crippen molar-refractivity contribution in [3.8, 4) is 0 Å². The predicted octanol–water partition coefficient (Wildman–Crippen LogP) is 3.46. The van der Waals surface area contributed by atoms with Crippen LogP contribution in [0.2, 0.25) is 0 Å². The molecule has 0 atom stereocenters.